The number of thioether (sulfide) groups is 1. The first kappa shape index (κ1) is 23.6. The fourth-order valence-corrected chi connectivity index (χ4v) is 6.17. The van der Waals surface area contributed by atoms with Crippen molar-refractivity contribution in [2.75, 3.05) is 0 Å². The molecule has 0 amide bonds. The Labute approximate surface area is 170 Å². The van der Waals surface area contributed by atoms with Crippen LogP contribution < -0.4 is 24.8 Å². The van der Waals surface area contributed by atoms with Crippen LogP contribution in [-0.2, 0) is 20.4 Å². The van der Waals surface area contributed by atoms with Crippen molar-refractivity contribution in [1.82, 2.24) is 0 Å². The first-order chi connectivity index (χ1) is 9.70. The first-order valence-electron chi connectivity index (χ1n) is 7.86. The molecule has 2 aliphatic carbocycles. The molecular formula is C19H27Cl2STi. The second-order valence-corrected chi connectivity index (χ2v) is 9.91. The maximum absolute atomic E-state index is 2.45. The van der Waals surface area contributed by atoms with E-state index >= 15 is 0 Å². The topological polar surface area (TPSA) is 0 Å². The predicted octanol–water partition coefficient (Wildman–Crippen LogP) is -0.0419. The molecule has 0 nitrogen and oxygen atoms in total. The Kier molecular flexibility index (Phi) is 9.04. The minimum Gasteiger partial charge on any atom is -1.00 e. The number of hydrogen-bond acceptors (Lipinski definition) is 1. The largest absolute Gasteiger partial charge is 1.00 e. The van der Waals surface area contributed by atoms with Gasteiger partial charge < -0.3 is 24.8 Å². The summed E-state index contributed by atoms with van der Waals surface area (Å²) in [7, 11) is 0. The monoisotopic (exact) mass is 405 g/mol. The Bertz CT molecular complexity index is 556. The van der Waals surface area contributed by atoms with E-state index in [1.54, 1.807) is 9.45 Å². The fourth-order valence-electron chi connectivity index (χ4n) is 3.73. The second-order valence-electron chi connectivity index (χ2n) is 7.10. The molecule has 0 heterocycles. The van der Waals surface area contributed by atoms with Crippen molar-refractivity contribution in [1.29, 1.82) is 0 Å². The summed E-state index contributed by atoms with van der Waals surface area (Å²) in [6.45, 7) is 14.1. The van der Waals surface area contributed by atoms with Crippen LogP contribution in [0.3, 0.4) is 0 Å². The van der Waals surface area contributed by atoms with Crippen LogP contribution in [0.1, 0.15) is 54.4 Å². The molecule has 0 bridgehead atoms. The van der Waals surface area contributed by atoms with Crippen LogP contribution in [0.15, 0.2) is 44.9 Å². The van der Waals surface area contributed by atoms with Gasteiger partial charge in [0.15, 0.2) is 0 Å². The van der Waals surface area contributed by atoms with Crippen LogP contribution in [-0.4, -0.2) is 10.00 Å². The van der Waals surface area contributed by atoms with Crippen molar-refractivity contribution in [2.45, 2.75) is 64.4 Å². The molecule has 23 heavy (non-hydrogen) atoms. The molecule has 0 aliphatic heterocycles. The van der Waals surface area contributed by atoms with E-state index in [1.807, 2.05) is 0 Å². The van der Waals surface area contributed by atoms with Gasteiger partial charge in [0, 0.05) is 0 Å². The van der Waals surface area contributed by atoms with Crippen LogP contribution in [0.5, 0.6) is 0 Å². The Hall–Kier alpha value is 0.604. The molecule has 0 N–H and O–H groups in total. The van der Waals surface area contributed by atoms with Crippen LogP contribution in [0.2, 0.25) is 0 Å². The van der Waals surface area contributed by atoms with Crippen LogP contribution in [0.25, 0.3) is 0 Å². The molecule has 0 aromatic carbocycles. The summed E-state index contributed by atoms with van der Waals surface area (Å²) in [5, 5.41) is 0.630. The molecule has 0 fully saturated rings. The van der Waals surface area contributed by atoms with Crippen LogP contribution in [0, 0.1) is 5.41 Å². The minimum absolute atomic E-state index is 0. The van der Waals surface area contributed by atoms with Crippen molar-refractivity contribution in [3.8, 4) is 0 Å². The first-order valence-corrected chi connectivity index (χ1v) is 9.52. The molecular weight excluding hydrogens is 379 g/mol. The molecule has 1 atom stereocenters. The minimum atomic E-state index is 0. The number of hydrogen-bond donors (Lipinski definition) is 0. The van der Waals surface area contributed by atoms with Gasteiger partial charge in [-0.3, -0.25) is 0 Å². The molecule has 127 valence electrons. The van der Waals surface area contributed by atoms with Crippen LogP contribution >= 0.6 is 11.8 Å². The molecule has 0 aromatic heterocycles. The summed E-state index contributed by atoms with van der Waals surface area (Å²) < 4.78 is 1.72. The maximum atomic E-state index is 2.45. The van der Waals surface area contributed by atoms with Gasteiger partial charge in [0.25, 0.3) is 0 Å². The van der Waals surface area contributed by atoms with E-state index in [4.69, 9.17) is 0 Å². The zero-order chi connectivity index (χ0) is 15.8. The molecule has 4 heteroatoms. The Morgan fingerprint density at radius 2 is 1.83 bits per heavy atom. The smallest absolute Gasteiger partial charge is 1.00 e. The van der Waals surface area contributed by atoms with Crippen molar-refractivity contribution < 1.29 is 45.2 Å². The fraction of sp³-hybridized carbons (Fsp3) is 0.579. The van der Waals surface area contributed by atoms with Gasteiger partial charge in [0.05, 0.1) is 0 Å². The predicted molar refractivity (Wildman–Crippen MR) is 92.2 cm³/mol. The van der Waals surface area contributed by atoms with Gasteiger partial charge in [-0.1, -0.05) is 0 Å². The van der Waals surface area contributed by atoms with E-state index in [2.05, 4.69) is 98.0 Å². The van der Waals surface area contributed by atoms with Gasteiger partial charge in [-0.25, -0.2) is 0 Å². The molecule has 2 rings (SSSR count). The average Bonchev–Trinajstić information content (AvgIpc) is 2.79. The average molecular weight is 406 g/mol. The number of rotatable bonds is 4. The zero-order valence-corrected chi connectivity index (χ0v) is 18.9. The van der Waals surface area contributed by atoms with Gasteiger partial charge in [-0.2, -0.15) is 0 Å². The van der Waals surface area contributed by atoms with E-state index in [0.29, 0.717) is 5.25 Å². The third kappa shape index (κ3) is 4.42. The van der Waals surface area contributed by atoms with Gasteiger partial charge in [-0.15, -0.1) is 0 Å². The molecule has 0 spiro atoms. The standard InChI is InChI=1S/C19H27S.2ClH.Ti/c1-14(2)20-19(12-11-15(3)13-16(19)4)18(5,6)17-9-7-8-10-17;;;/h7,9,11,13-14H,8,12H2,1-6H3;2*1H;/q;;;+2/p-2. The molecule has 0 radical (unpaired) electrons. The summed E-state index contributed by atoms with van der Waals surface area (Å²) in [6, 6.07) is 0. The summed E-state index contributed by atoms with van der Waals surface area (Å²) in [5.74, 6) is 0. The van der Waals surface area contributed by atoms with E-state index in [-0.39, 0.29) is 35.0 Å². The van der Waals surface area contributed by atoms with Crippen molar-refractivity contribution in [3.63, 3.8) is 0 Å². The van der Waals surface area contributed by atoms with Gasteiger partial charge >= 0.3 is 147 Å². The van der Waals surface area contributed by atoms with E-state index in [0.717, 1.165) is 12.8 Å². The SMILES string of the molecule is CC1=CCC(SC(C)C)(C(C)(C)C2=[C]([Ti+2])CC=C2)C(C)=C1.[Cl-].[Cl-]. The van der Waals surface area contributed by atoms with Gasteiger partial charge in [0.2, 0.25) is 0 Å². The van der Waals surface area contributed by atoms with E-state index in [9.17, 15) is 0 Å². The van der Waals surface area contributed by atoms with Gasteiger partial charge in [0.1, 0.15) is 0 Å². The van der Waals surface area contributed by atoms with Crippen molar-refractivity contribution in [2.24, 2.45) is 5.41 Å². The Morgan fingerprint density at radius 1 is 1.22 bits per heavy atom. The summed E-state index contributed by atoms with van der Waals surface area (Å²) in [4.78, 5) is 0. The van der Waals surface area contributed by atoms with E-state index in [1.165, 1.54) is 11.1 Å². The van der Waals surface area contributed by atoms with Crippen molar-refractivity contribution in [3.05, 3.63) is 44.9 Å². The quantitative estimate of drug-likeness (QED) is 0.591. The third-order valence-electron chi connectivity index (χ3n) is 4.84. The molecule has 0 aromatic rings. The maximum Gasteiger partial charge on any atom is -1.00 e. The summed E-state index contributed by atoms with van der Waals surface area (Å²) in [5.41, 5.74) is 4.65. The Balaban J connectivity index is 0.00000242. The summed E-state index contributed by atoms with van der Waals surface area (Å²) >= 11 is 4.45. The summed E-state index contributed by atoms with van der Waals surface area (Å²) in [6.07, 6.45) is 11.8. The van der Waals surface area contributed by atoms with Gasteiger partial charge in [-0.05, 0) is 0 Å². The third-order valence-corrected chi connectivity index (χ3v) is 7.46. The molecule has 2 aliphatic rings. The number of halogens is 2. The number of allylic oxidation sites excluding steroid dienone is 7. The van der Waals surface area contributed by atoms with E-state index < -0.39 is 0 Å². The second kappa shape index (κ2) is 8.81. The van der Waals surface area contributed by atoms with Crippen LogP contribution in [0.4, 0.5) is 0 Å². The molecule has 0 saturated carbocycles. The Morgan fingerprint density at radius 3 is 2.26 bits per heavy atom. The zero-order valence-electron chi connectivity index (χ0n) is 15.0. The molecule has 1 unspecified atom stereocenters. The van der Waals surface area contributed by atoms with Crippen molar-refractivity contribution >= 4 is 11.8 Å². The molecule has 0 saturated heterocycles. The normalized spacial score (nSPS) is 24.2.